The van der Waals surface area contributed by atoms with Crippen molar-refractivity contribution in [2.24, 2.45) is 5.92 Å². The van der Waals surface area contributed by atoms with Crippen molar-refractivity contribution in [3.05, 3.63) is 12.4 Å². The Morgan fingerprint density at radius 3 is 2.05 bits per heavy atom. The summed E-state index contributed by atoms with van der Waals surface area (Å²) >= 11 is 0. The fourth-order valence-electron chi connectivity index (χ4n) is 1.53. The average molecular weight is 314 g/mol. The summed E-state index contributed by atoms with van der Waals surface area (Å²) in [5.74, 6) is -10.3. The molecule has 7 nitrogen and oxygen atoms in total. The van der Waals surface area contributed by atoms with Gasteiger partial charge in [0, 0.05) is 0 Å². The summed E-state index contributed by atoms with van der Waals surface area (Å²) in [4.78, 5) is 33.0. The summed E-state index contributed by atoms with van der Waals surface area (Å²) in [6, 6.07) is 0. The molecule has 0 aliphatic rings. The number of carbonyl (C=O) groups excluding carboxylic acids is 1. The molecular formula is C11H13F3O7. The van der Waals surface area contributed by atoms with Crippen molar-refractivity contribution in [3.63, 3.8) is 0 Å². The third-order valence-corrected chi connectivity index (χ3v) is 2.60. The maximum atomic E-state index is 12.9. The van der Waals surface area contributed by atoms with Gasteiger partial charge in [-0.15, -0.1) is 0 Å². The molecular weight excluding hydrogens is 301 g/mol. The minimum absolute atomic E-state index is 0.538. The molecule has 10 heteroatoms. The van der Waals surface area contributed by atoms with Crippen LogP contribution in [-0.4, -0.2) is 44.9 Å². The van der Waals surface area contributed by atoms with Crippen LogP contribution in [0.15, 0.2) is 12.4 Å². The van der Waals surface area contributed by atoms with Gasteiger partial charge in [0.25, 0.3) is 0 Å². The van der Waals surface area contributed by atoms with Crippen molar-refractivity contribution in [2.45, 2.75) is 31.5 Å². The second-order valence-corrected chi connectivity index (χ2v) is 4.10. The number of halogens is 3. The van der Waals surface area contributed by atoms with Crippen LogP contribution in [0.25, 0.3) is 0 Å². The molecule has 21 heavy (non-hydrogen) atoms. The zero-order valence-electron chi connectivity index (χ0n) is 10.8. The van der Waals surface area contributed by atoms with Gasteiger partial charge >= 0.3 is 24.0 Å². The Hall–Kier alpha value is -2.10. The maximum absolute atomic E-state index is 12.9. The summed E-state index contributed by atoms with van der Waals surface area (Å²) in [5, 5.41) is 27.2. The highest BCUT2D eigenvalue weighted by Crippen LogP contribution is 2.32. The highest BCUT2D eigenvalue weighted by atomic mass is 19.3. The molecule has 3 N–H and O–H groups in total. The number of carboxylic acids is 2. The third-order valence-electron chi connectivity index (χ3n) is 2.60. The van der Waals surface area contributed by atoms with Gasteiger partial charge in [0.15, 0.2) is 5.60 Å². The van der Waals surface area contributed by atoms with Crippen molar-refractivity contribution >= 4 is 17.9 Å². The van der Waals surface area contributed by atoms with Crippen LogP contribution in [0, 0.1) is 5.92 Å². The number of alkyl halides is 2. The number of aliphatic hydroxyl groups is 1. The molecule has 0 spiro atoms. The summed E-state index contributed by atoms with van der Waals surface area (Å²) < 4.78 is 41.6. The monoisotopic (exact) mass is 314 g/mol. The van der Waals surface area contributed by atoms with E-state index in [2.05, 4.69) is 11.3 Å². The number of carbonyl (C=O) groups is 3. The van der Waals surface area contributed by atoms with Gasteiger partial charge in [-0.25, -0.2) is 9.18 Å². The number of aliphatic carboxylic acids is 2. The molecule has 0 aromatic rings. The van der Waals surface area contributed by atoms with E-state index in [0.29, 0.717) is 0 Å². The summed E-state index contributed by atoms with van der Waals surface area (Å²) in [6.07, 6.45) is -6.69. The van der Waals surface area contributed by atoms with E-state index in [1.807, 2.05) is 0 Å². The highest BCUT2D eigenvalue weighted by molar-refractivity contribution is 5.90. The van der Waals surface area contributed by atoms with Gasteiger partial charge < -0.3 is 20.1 Å². The van der Waals surface area contributed by atoms with Crippen LogP contribution in [0.2, 0.25) is 0 Å². The third kappa shape index (κ3) is 4.45. The van der Waals surface area contributed by atoms with Crippen molar-refractivity contribution in [1.29, 1.82) is 0 Å². The Kier molecular flexibility index (Phi) is 5.91. The van der Waals surface area contributed by atoms with Crippen LogP contribution < -0.4 is 0 Å². The molecule has 0 aromatic heterocycles. The second-order valence-electron chi connectivity index (χ2n) is 4.10. The van der Waals surface area contributed by atoms with E-state index in [-0.39, 0.29) is 0 Å². The SMILES string of the molecule is C=C(F)C(F)(F)OC(=O)C(CC)C(O)(CC(=O)O)C(=O)O. The lowest BCUT2D eigenvalue weighted by molar-refractivity contribution is -0.231. The fraction of sp³-hybridized carbons (Fsp3) is 0.545. The lowest BCUT2D eigenvalue weighted by Crippen LogP contribution is -2.51. The van der Waals surface area contributed by atoms with Crippen LogP contribution in [0.4, 0.5) is 13.2 Å². The zero-order valence-corrected chi connectivity index (χ0v) is 10.8. The highest BCUT2D eigenvalue weighted by Gasteiger charge is 2.52. The fourth-order valence-corrected chi connectivity index (χ4v) is 1.53. The van der Waals surface area contributed by atoms with E-state index in [9.17, 15) is 32.7 Å². The Balaban J connectivity index is 5.46. The van der Waals surface area contributed by atoms with Crippen molar-refractivity contribution < 1.29 is 47.6 Å². The van der Waals surface area contributed by atoms with Crippen LogP contribution in [0.3, 0.4) is 0 Å². The van der Waals surface area contributed by atoms with Crippen LogP contribution in [0.1, 0.15) is 19.8 Å². The van der Waals surface area contributed by atoms with Crippen molar-refractivity contribution in [3.8, 4) is 0 Å². The molecule has 0 bridgehead atoms. The molecule has 0 rings (SSSR count). The molecule has 0 aromatic carbocycles. The van der Waals surface area contributed by atoms with Crippen molar-refractivity contribution in [2.75, 3.05) is 0 Å². The Morgan fingerprint density at radius 1 is 1.29 bits per heavy atom. The van der Waals surface area contributed by atoms with Crippen LogP contribution in [0.5, 0.6) is 0 Å². The largest absolute Gasteiger partial charge is 0.481 e. The van der Waals surface area contributed by atoms with Crippen molar-refractivity contribution in [1.82, 2.24) is 0 Å². The van der Waals surface area contributed by atoms with Gasteiger partial charge in [-0.05, 0) is 6.42 Å². The van der Waals surface area contributed by atoms with Gasteiger partial charge in [-0.3, -0.25) is 9.59 Å². The standard InChI is InChI=1S/C11H13F3O7/c1-3-6(8(17)21-11(13,14)5(2)12)10(20,9(18)19)4-7(15)16/h6,20H,2-4H2,1H3,(H,15,16)(H,18,19). The molecule has 0 amide bonds. The first-order chi connectivity index (χ1) is 9.38. The van der Waals surface area contributed by atoms with E-state index in [1.165, 1.54) is 0 Å². The van der Waals surface area contributed by atoms with Crippen LogP contribution in [-0.2, 0) is 19.1 Å². The van der Waals surface area contributed by atoms with Crippen LogP contribution >= 0.6 is 0 Å². The number of rotatable bonds is 8. The number of esters is 1. The quantitative estimate of drug-likeness (QED) is 0.570. The summed E-state index contributed by atoms with van der Waals surface area (Å²) in [6.45, 7) is 3.37. The first-order valence-electron chi connectivity index (χ1n) is 5.51. The van der Waals surface area contributed by atoms with Gasteiger partial charge in [-0.1, -0.05) is 13.5 Å². The van der Waals surface area contributed by atoms with E-state index in [1.54, 1.807) is 0 Å². The Labute approximate surface area is 116 Å². The minimum atomic E-state index is -4.72. The summed E-state index contributed by atoms with van der Waals surface area (Å²) in [7, 11) is 0. The van der Waals surface area contributed by atoms with Gasteiger partial charge in [-0.2, -0.15) is 8.78 Å². The molecule has 2 unspecified atom stereocenters. The molecule has 0 saturated heterocycles. The Bertz CT molecular complexity index is 463. The van der Waals surface area contributed by atoms with Gasteiger partial charge in [0.2, 0.25) is 5.83 Å². The molecule has 0 saturated carbocycles. The van der Waals surface area contributed by atoms with E-state index < -0.39 is 54.2 Å². The number of ether oxygens (including phenoxy) is 1. The second kappa shape index (κ2) is 6.57. The zero-order chi connectivity index (χ0) is 17.0. The topological polar surface area (TPSA) is 121 Å². The van der Waals surface area contributed by atoms with Gasteiger partial charge in [0.1, 0.15) is 0 Å². The minimum Gasteiger partial charge on any atom is -0.481 e. The molecule has 0 radical (unpaired) electrons. The average Bonchev–Trinajstić information content (AvgIpc) is 2.27. The molecule has 0 heterocycles. The molecule has 0 aliphatic heterocycles. The molecule has 120 valence electrons. The maximum Gasteiger partial charge on any atom is 0.455 e. The molecule has 2 atom stereocenters. The predicted molar refractivity (Wildman–Crippen MR) is 59.9 cm³/mol. The lowest BCUT2D eigenvalue weighted by Gasteiger charge is -2.29. The van der Waals surface area contributed by atoms with E-state index in [0.717, 1.165) is 6.92 Å². The number of hydrogen-bond acceptors (Lipinski definition) is 5. The number of hydrogen-bond donors (Lipinski definition) is 3. The van der Waals surface area contributed by atoms with E-state index >= 15 is 0 Å². The van der Waals surface area contributed by atoms with Gasteiger partial charge in [0.05, 0.1) is 12.3 Å². The number of carboxylic acid groups (broad SMARTS) is 2. The lowest BCUT2D eigenvalue weighted by atomic mass is 9.82. The first-order valence-corrected chi connectivity index (χ1v) is 5.51. The van der Waals surface area contributed by atoms with E-state index in [4.69, 9.17) is 10.2 Å². The molecule has 0 aliphatic carbocycles. The normalized spacial score (nSPS) is 15.7. The smallest absolute Gasteiger partial charge is 0.455 e. The summed E-state index contributed by atoms with van der Waals surface area (Å²) in [5.41, 5.74) is -3.18. The predicted octanol–water partition coefficient (Wildman–Crippen LogP) is 0.922. The first kappa shape index (κ1) is 18.9. The Morgan fingerprint density at radius 2 is 1.76 bits per heavy atom. The molecule has 0 fully saturated rings.